The van der Waals surface area contributed by atoms with Gasteiger partial charge in [-0.15, -0.1) is 0 Å². The molecular weight excluding hydrogens is 634 g/mol. The van der Waals surface area contributed by atoms with Gasteiger partial charge in [0.25, 0.3) is 0 Å². The lowest BCUT2D eigenvalue weighted by atomic mass is 9.44. The van der Waals surface area contributed by atoms with E-state index in [1.807, 2.05) is 0 Å². The Balaban J connectivity index is 1.66. The maximum atomic E-state index is 17.6. The number of esters is 2. The highest BCUT2D eigenvalue weighted by atomic mass is 19.1. The van der Waals surface area contributed by atoms with E-state index in [2.05, 4.69) is 9.68 Å². The minimum absolute atomic E-state index is 0.00571. The molecule has 17 heteroatoms. The number of ether oxygens (including phenoxy) is 2. The number of hydrogen-bond donors (Lipinski definition) is 5. The first-order valence-electron chi connectivity index (χ1n) is 15.4. The third-order valence-corrected chi connectivity index (χ3v) is 10.7. The standard InChI is InChI=1S/C30H42F2N2O13/c1-17-12-19-20-14-22(31)21-13-18(35)8-9-27(21,2)29(20,32)23(36)15-28(19,3)30(17,47-26(39)7-5-11-46-34(42)43)24(37)16-44-25(38)6-4-10-45-33(40)41/h8-9,13,17,19-20,22-23,36,40-43H,4-7,10-12,14-16H2,1-3H3/t17-,19?,20?,22+,23+,27+,28+,29+,30+/m1/s1. The molecule has 3 saturated carbocycles. The molecule has 15 nitrogen and oxygen atoms in total. The van der Waals surface area contributed by atoms with Gasteiger partial charge in [-0.05, 0) is 62.7 Å². The van der Waals surface area contributed by atoms with E-state index in [1.54, 1.807) is 13.8 Å². The van der Waals surface area contributed by atoms with Crippen LogP contribution in [0.1, 0.15) is 65.7 Å². The lowest BCUT2D eigenvalue weighted by Gasteiger charge is -2.63. The molecule has 0 bridgehead atoms. The van der Waals surface area contributed by atoms with Crippen LogP contribution in [0.25, 0.3) is 0 Å². The van der Waals surface area contributed by atoms with Crippen LogP contribution >= 0.6 is 0 Å². The summed E-state index contributed by atoms with van der Waals surface area (Å²) in [5, 5.41) is 45.3. The average Bonchev–Trinajstić information content (AvgIpc) is 3.20. The number of rotatable bonds is 14. The first-order chi connectivity index (χ1) is 21.9. The van der Waals surface area contributed by atoms with Crippen molar-refractivity contribution in [1.29, 1.82) is 0 Å². The Labute approximate surface area is 269 Å². The predicted molar refractivity (Wildman–Crippen MR) is 149 cm³/mol. The van der Waals surface area contributed by atoms with Crippen LogP contribution in [0.5, 0.6) is 0 Å². The molecular formula is C30H42F2N2O13. The Morgan fingerprint density at radius 2 is 1.57 bits per heavy atom. The number of allylic oxidation sites excluding steroid dienone is 4. The van der Waals surface area contributed by atoms with Crippen molar-refractivity contribution < 1.29 is 73.0 Å². The largest absolute Gasteiger partial charge is 0.457 e. The summed E-state index contributed by atoms with van der Waals surface area (Å²) < 4.78 is 44.7. The predicted octanol–water partition coefficient (Wildman–Crippen LogP) is 2.53. The third kappa shape index (κ3) is 6.52. The van der Waals surface area contributed by atoms with Gasteiger partial charge >= 0.3 is 11.9 Å². The molecule has 47 heavy (non-hydrogen) atoms. The fraction of sp³-hybridized carbons (Fsp3) is 0.733. The summed E-state index contributed by atoms with van der Waals surface area (Å²) in [4.78, 5) is 60.8. The Kier molecular flexibility index (Phi) is 11.1. The average molecular weight is 677 g/mol. The number of ketones is 2. The molecule has 0 aromatic heterocycles. The monoisotopic (exact) mass is 676 g/mol. The fourth-order valence-corrected chi connectivity index (χ4v) is 8.67. The zero-order valence-electron chi connectivity index (χ0n) is 26.3. The van der Waals surface area contributed by atoms with Gasteiger partial charge in [-0.2, -0.15) is 0 Å². The van der Waals surface area contributed by atoms with Crippen molar-refractivity contribution in [3.05, 3.63) is 23.8 Å². The first-order valence-corrected chi connectivity index (χ1v) is 15.4. The lowest BCUT2D eigenvalue weighted by molar-refractivity contribution is -0.492. The van der Waals surface area contributed by atoms with Gasteiger partial charge in [-0.25, -0.2) is 8.78 Å². The van der Waals surface area contributed by atoms with Gasteiger partial charge in [0.05, 0.1) is 30.1 Å². The molecule has 0 aromatic rings. The topological polar surface area (TPSA) is 213 Å². The number of hydrogen-bond acceptors (Lipinski definition) is 15. The van der Waals surface area contributed by atoms with Crippen LogP contribution in [-0.4, -0.2) is 104 Å². The Morgan fingerprint density at radius 1 is 0.979 bits per heavy atom. The molecule has 4 aliphatic rings. The van der Waals surface area contributed by atoms with Crippen LogP contribution in [0.15, 0.2) is 23.8 Å². The Morgan fingerprint density at radius 3 is 2.17 bits per heavy atom. The molecule has 5 N–H and O–H groups in total. The summed E-state index contributed by atoms with van der Waals surface area (Å²) in [7, 11) is 0. The van der Waals surface area contributed by atoms with Gasteiger partial charge in [-0.3, -0.25) is 49.7 Å². The van der Waals surface area contributed by atoms with E-state index >= 15 is 8.78 Å². The van der Waals surface area contributed by atoms with E-state index in [0.29, 0.717) is 0 Å². The van der Waals surface area contributed by atoms with Crippen LogP contribution in [0.2, 0.25) is 0 Å². The maximum absolute atomic E-state index is 17.6. The molecule has 264 valence electrons. The van der Waals surface area contributed by atoms with E-state index in [0.717, 1.165) is 12.2 Å². The fourth-order valence-electron chi connectivity index (χ4n) is 8.67. The van der Waals surface area contributed by atoms with Crippen molar-refractivity contribution in [2.24, 2.45) is 28.6 Å². The second-order valence-electron chi connectivity index (χ2n) is 13.2. The molecule has 0 spiro atoms. The number of alkyl halides is 2. The number of halogens is 2. The summed E-state index contributed by atoms with van der Waals surface area (Å²) in [6.07, 6.45) is -1.42. The van der Waals surface area contributed by atoms with E-state index in [4.69, 9.17) is 30.3 Å². The molecule has 0 aliphatic heterocycles. The Bertz CT molecular complexity index is 1300. The van der Waals surface area contributed by atoms with Crippen molar-refractivity contribution in [2.45, 2.75) is 89.3 Å². The Hall–Kier alpha value is -2.74. The van der Waals surface area contributed by atoms with Crippen molar-refractivity contribution in [2.75, 3.05) is 19.8 Å². The molecule has 0 aromatic carbocycles. The minimum atomic E-state index is -2.45. The second kappa shape index (κ2) is 14.0. The summed E-state index contributed by atoms with van der Waals surface area (Å²) in [6, 6.07) is 0. The lowest BCUT2D eigenvalue weighted by Crippen LogP contribution is -2.71. The van der Waals surface area contributed by atoms with Gasteiger partial charge in [-0.1, -0.05) is 19.9 Å². The molecule has 2 unspecified atom stereocenters. The number of fused-ring (bicyclic) bond motifs is 5. The first kappa shape index (κ1) is 37.1. The maximum Gasteiger partial charge on any atom is 0.306 e. The summed E-state index contributed by atoms with van der Waals surface area (Å²) in [5.74, 6) is -5.87. The van der Waals surface area contributed by atoms with Crippen molar-refractivity contribution in [3.63, 3.8) is 0 Å². The number of carbonyl (C=O) groups is 4. The molecule has 4 rings (SSSR count). The van der Waals surface area contributed by atoms with Gasteiger partial charge in [0.15, 0.2) is 23.7 Å². The van der Waals surface area contributed by atoms with E-state index in [1.165, 1.54) is 13.0 Å². The normalized spacial score (nSPS) is 37.7. The highest BCUT2D eigenvalue weighted by Crippen LogP contribution is 2.71. The van der Waals surface area contributed by atoms with E-state index in [9.17, 15) is 24.3 Å². The molecule has 0 heterocycles. The van der Waals surface area contributed by atoms with Crippen LogP contribution in [0.3, 0.4) is 0 Å². The van der Waals surface area contributed by atoms with Crippen LogP contribution in [0.4, 0.5) is 8.78 Å². The van der Waals surface area contributed by atoms with Crippen molar-refractivity contribution in [3.8, 4) is 0 Å². The molecule has 0 saturated heterocycles. The number of carbonyl (C=O) groups excluding carboxylic acids is 4. The summed E-state index contributed by atoms with van der Waals surface area (Å²) >= 11 is 0. The zero-order chi connectivity index (χ0) is 34.9. The van der Waals surface area contributed by atoms with E-state index < -0.39 is 106 Å². The second-order valence-corrected chi connectivity index (χ2v) is 13.2. The summed E-state index contributed by atoms with van der Waals surface area (Å²) in [6.45, 7) is 3.19. The quantitative estimate of drug-likeness (QED) is 0.102. The number of nitrogens with zero attached hydrogens (tertiary/aromatic N) is 2. The number of aliphatic hydroxyl groups excluding tert-OH is 1. The van der Waals surface area contributed by atoms with Gasteiger partial charge in [0, 0.05) is 35.5 Å². The van der Waals surface area contributed by atoms with E-state index in [-0.39, 0.29) is 50.9 Å². The van der Waals surface area contributed by atoms with Crippen LogP contribution in [-0.2, 0) is 38.3 Å². The molecule has 3 fully saturated rings. The molecule has 4 aliphatic carbocycles. The molecule has 0 amide bonds. The minimum Gasteiger partial charge on any atom is -0.457 e. The smallest absolute Gasteiger partial charge is 0.306 e. The van der Waals surface area contributed by atoms with Gasteiger partial charge < -0.3 is 14.6 Å². The van der Waals surface area contributed by atoms with Crippen LogP contribution in [0, 0.1) is 28.6 Å². The molecule has 0 radical (unpaired) electrons. The van der Waals surface area contributed by atoms with Gasteiger partial charge in [0.2, 0.25) is 5.78 Å². The highest BCUT2D eigenvalue weighted by Gasteiger charge is 2.78. The number of aliphatic hydroxyl groups is 1. The van der Waals surface area contributed by atoms with Crippen molar-refractivity contribution in [1.82, 2.24) is 10.8 Å². The third-order valence-electron chi connectivity index (χ3n) is 10.7. The number of Topliss-reactive ketones (excluding diaryl/α,β-unsaturated/α-hetero) is 1. The molecule has 9 atom stereocenters. The SMILES string of the molecule is C[C@@H]1CC2C3C[C@H](F)C4=CC(=O)C=C[C@]4(C)[C@@]3(F)[C@@H](O)C[C@]2(C)[C@@]1(OC(=O)CCCON(O)O)C(=O)COC(=O)CCCON(O)O. The van der Waals surface area contributed by atoms with Crippen molar-refractivity contribution >= 4 is 23.5 Å². The van der Waals surface area contributed by atoms with Gasteiger partial charge in [0.1, 0.15) is 6.17 Å². The summed E-state index contributed by atoms with van der Waals surface area (Å²) in [5.41, 5.74) is -7.72. The highest BCUT2D eigenvalue weighted by molar-refractivity contribution is 6.01. The zero-order valence-corrected chi connectivity index (χ0v) is 26.3. The van der Waals surface area contributed by atoms with Crippen LogP contribution < -0.4 is 0 Å².